The Morgan fingerprint density at radius 1 is 1.21 bits per heavy atom. The van der Waals surface area contributed by atoms with Gasteiger partial charge in [-0.15, -0.1) is 0 Å². The summed E-state index contributed by atoms with van der Waals surface area (Å²) in [6.45, 7) is 3.46. The van der Waals surface area contributed by atoms with Gasteiger partial charge >= 0.3 is 0 Å². The number of carbonyl (C=O) groups is 3. The molecular formula is C18H25N3O3. The van der Waals surface area contributed by atoms with Gasteiger partial charge in [-0.05, 0) is 37.5 Å². The molecule has 1 heterocycles. The van der Waals surface area contributed by atoms with Gasteiger partial charge in [0.25, 0.3) is 5.91 Å². The van der Waals surface area contributed by atoms with Crippen LogP contribution in [0, 0.1) is 0 Å². The van der Waals surface area contributed by atoms with E-state index < -0.39 is 0 Å². The van der Waals surface area contributed by atoms with Gasteiger partial charge < -0.3 is 15.5 Å². The van der Waals surface area contributed by atoms with E-state index >= 15 is 0 Å². The zero-order valence-corrected chi connectivity index (χ0v) is 14.1. The molecule has 0 bridgehead atoms. The lowest BCUT2D eigenvalue weighted by molar-refractivity contribution is -0.130. The van der Waals surface area contributed by atoms with E-state index in [0.29, 0.717) is 30.8 Å². The fourth-order valence-electron chi connectivity index (χ4n) is 2.79. The molecule has 0 spiro atoms. The third-order valence-corrected chi connectivity index (χ3v) is 4.01. The third-order valence-electron chi connectivity index (χ3n) is 4.01. The number of hydrogen-bond acceptors (Lipinski definition) is 3. The van der Waals surface area contributed by atoms with Gasteiger partial charge in [0.1, 0.15) is 0 Å². The summed E-state index contributed by atoms with van der Waals surface area (Å²) in [7, 11) is 0. The van der Waals surface area contributed by atoms with Crippen LogP contribution >= 0.6 is 0 Å². The Labute approximate surface area is 142 Å². The van der Waals surface area contributed by atoms with Crippen molar-refractivity contribution in [2.75, 3.05) is 25.0 Å². The normalized spacial score (nSPS) is 14.9. The topological polar surface area (TPSA) is 78.5 Å². The summed E-state index contributed by atoms with van der Waals surface area (Å²) in [4.78, 5) is 37.0. The molecule has 6 heteroatoms. The summed E-state index contributed by atoms with van der Waals surface area (Å²) in [6, 6.07) is 6.83. The number of benzene rings is 1. The highest BCUT2D eigenvalue weighted by Crippen LogP contribution is 2.12. The second kappa shape index (κ2) is 9.05. The van der Waals surface area contributed by atoms with Gasteiger partial charge in [0.05, 0.1) is 0 Å². The molecule has 2 N–H and O–H groups in total. The molecule has 1 fully saturated rings. The van der Waals surface area contributed by atoms with Gasteiger partial charge in [-0.2, -0.15) is 0 Å². The molecular weight excluding hydrogens is 306 g/mol. The molecule has 130 valence electrons. The SMILES string of the molecule is CC(=O)Nc1cccc(C(=O)NCCCN2CCCCCC2=O)c1. The van der Waals surface area contributed by atoms with Gasteiger partial charge in [0, 0.05) is 44.2 Å². The Hall–Kier alpha value is -2.37. The van der Waals surface area contributed by atoms with Crippen LogP contribution in [0.4, 0.5) is 5.69 Å². The number of carbonyl (C=O) groups excluding carboxylic acids is 3. The van der Waals surface area contributed by atoms with Gasteiger partial charge in [0.15, 0.2) is 0 Å². The Balaban J connectivity index is 1.76. The molecule has 0 unspecified atom stereocenters. The van der Waals surface area contributed by atoms with Gasteiger partial charge in [0.2, 0.25) is 11.8 Å². The summed E-state index contributed by atoms with van der Waals surface area (Å²) >= 11 is 0. The molecule has 0 atom stereocenters. The van der Waals surface area contributed by atoms with E-state index in [-0.39, 0.29) is 17.7 Å². The molecule has 24 heavy (non-hydrogen) atoms. The van der Waals surface area contributed by atoms with Crippen LogP contribution in [0.25, 0.3) is 0 Å². The van der Waals surface area contributed by atoms with Crippen LogP contribution in [-0.4, -0.2) is 42.3 Å². The first-order valence-corrected chi connectivity index (χ1v) is 8.50. The predicted octanol–water partition coefficient (Wildman–Crippen LogP) is 2.17. The largest absolute Gasteiger partial charge is 0.352 e. The van der Waals surface area contributed by atoms with Crippen LogP contribution in [0.1, 0.15) is 49.4 Å². The number of likely N-dealkylation sites (tertiary alicyclic amines) is 1. The van der Waals surface area contributed by atoms with Crippen molar-refractivity contribution in [2.45, 2.75) is 39.0 Å². The van der Waals surface area contributed by atoms with Crippen molar-refractivity contribution < 1.29 is 14.4 Å². The Morgan fingerprint density at radius 3 is 2.83 bits per heavy atom. The standard InChI is InChI=1S/C18H25N3O3/c1-14(22)20-16-8-5-7-15(13-16)18(24)19-10-6-12-21-11-4-2-3-9-17(21)23/h5,7-8,13H,2-4,6,9-12H2,1H3,(H,19,24)(H,20,22). The highest BCUT2D eigenvalue weighted by atomic mass is 16.2. The van der Waals surface area contributed by atoms with Gasteiger partial charge in [-0.1, -0.05) is 12.5 Å². The van der Waals surface area contributed by atoms with Crippen LogP contribution in [0.2, 0.25) is 0 Å². The first kappa shape index (κ1) is 18.0. The molecule has 0 aliphatic carbocycles. The van der Waals surface area contributed by atoms with Gasteiger partial charge in [-0.3, -0.25) is 14.4 Å². The molecule has 1 aromatic carbocycles. The summed E-state index contributed by atoms with van der Waals surface area (Å²) in [5.74, 6) is -0.124. The van der Waals surface area contributed by atoms with Crippen LogP contribution in [0.5, 0.6) is 0 Å². The quantitative estimate of drug-likeness (QED) is 0.784. The van der Waals surface area contributed by atoms with E-state index in [2.05, 4.69) is 10.6 Å². The van der Waals surface area contributed by atoms with E-state index in [0.717, 1.165) is 32.2 Å². The van der Waals surface area contributed by atoms with Crippen molar-refractivity contribution in [3.05, 3.63) is 29.8 Å². The van der Waals surface area contributed by atoms with Crippen molar-refractivity contribution in [1.82, 2.24) is 10.2 Å². The molecule has 6 nitrogen and oxygen atoms in total. The molecule has 1 aromatic rings. The van der Waals surface area contributed by atoms with Crippen LogP contribution in [-0.2, 0) is 9.59 Å². The second-order valence-corrected chi connectivity index (χ2v) is 6.06. The van der Waals surface area contributed by atoms with Crippen molar-refractivity contribution in [3.63, 3.8) is 0 Å². The number of anilines is 1. The van der Waals surface area contributed by atoms with Crippen LogP contribution in [0.3, 0.4) is 0 Å². The minimum atomic E-state index is -0.176. The molecule has 1 saturated heterocycles. The predicted molar refractivity (Wildman–Crippen MR) is 92.7 cm³/mol. The first-order chi connectivity index (χ1) is 11.6. The van der Waals surface area contributed by atoms with Crippen molar-refractivity contribution in [1.29, 1.82) is 0 Å². The molecule has 3 amide bonds. The first-order valence-electron chi connectivity index (χ1n) is 8.50. The third kappa shape index (κ3) is 5.68. The Bertz CT molecular complexity index is 601. The average Bonchev–Trinajstić information content (AvgIpc) is 2.75. The van der Waals surface area contributed by atoms with Gasteiger partial charge in [-0.25, -0.2) is 0 Å². The maximum absolute atomic E-state index is 12.1. The number of nitrogens with zero attached hydrogens (tertiary/aromatic N) is 1. The summed E-state index contributed by atoms with van der Waals surface area (Å²) in [6.07, 6.45) is 4.54. The number of nitrogens with one attached hydrogen (secondary N) is 2. The summed E-state index contributed by atoms with van der Waals surface area (Å²) in [5, 5.41) is 5.52. The summed E-state index contributed by atoms with van der Waals surface area (Å²) < 4.78 is 0. The molecule has 2 rings (SSSR count). The van der Waals surface area contributed by atoms with Crippen molar-refractivity contribution >= 4 is 23.4 Å². The van der Waals surface area contributed by atoms with E-state index in [1.54, 1.807) is 24.3 Å². The van der Waals surface area contributed by atoms with E-state index in [9.17, 15) is 14.4 Å². The molecule has 0 saturated carbocycles. The molecule has 1 aliphatic rings. The minimum Gasteiger partial charge on any atom is -0.352 e. The Morgan fingerprint density at radius 2 is 2.04 bits per heavy atom. The number of amides is 3. The zero-order chi connectivity index (χ0) is 17.4. The maximum atomic E-state index is 12.1. The molecule has 0 radical (unpaired) electrons. The lowest BCUT2D eigenvalue weighted by Gasteiger charge is -2.20. The monoisotopic (exact) mass is 331 g/mol. The van der Waals surface area contributed by atoms with Crippen molar-refractivity contribution in [3.8, 4) is 0 Å². The second-order valence-electron chi connectivity index (χ2n) is 6.06. The zero-order valence-electron chi connectivity index (χ0n) is 14.1. The van der Waals surface area contributed by atoms with E-state index in [1.165, 1.54) is 6.92 Å². The fraction of sp³-hybridized carbons (Fsp3) is 0.500. The minimum absolute atomic E-state index is 0.172. The summed E-state index contributed by atoms with van der Waals surface area (Å²) in [5.41, 5.74) is 1.11. The van der Waals surface area contributed by atoms with E-state index in [4.69, 9.17) is 0 Å². The van der Waals surface area contributed by atoms with Crippen LogP contribution in [0.15, 0.2) is 24.3 Å². The smallest absolute Gasteiger partial charge is 0.251 e. The number of rotatable bonds is 6. The van der Waals surface area contributed by atoms with E-state index in [1.807, 2.05) is 4.90 Å². The molecule has 0 aromatic heterocycles. The highest BCUT2D eigenvalue weighted by molar-refractivity contribution is 5.96. The average molecular weight is 331 g/mol. The fourth-order valence-corrected chi connectivity index (χ4v) is 2.79. The Kier molecular flexibility index (Phi) is 6.78. The lowest BCUT2D eigenvalue weighted by atomic mass is 10.2. The number of hydrogen-bond donors (Lipinski definition) is 2. The maximum Gasteiger partial charge on any atom is 0.251 e. The highest BCUT2D eigenvalue weighted by Gasteiger charge is 2.15. The molecule has 1 aliphatic heterocycles. The lowest BCUT2D eigenvalue weighted by Crippen LogP contribution is -2.34. The van der Waals surface area contributed by atoms with Crippen molar-refractivity contribution in [2.24, 2.45) is 0 Å². The van der Waals surface area contributed by atoms with Crippen LogP contribution < -0.4 is 10.6 Å².